The van der Waals surface area contributed by atoms with Gasteiger partial charge in [0.2, 0.25) is 5.91 Å². The van der Waals surface area contributed by atoms with E-state index in [1.165, 1.54) is 0 Å². The second kappa shape index (κ2) is 3.50. The van der Waals surface area contributed by atoms with Crippen molar-refractivity contribution in [3.8, 4) is 0 Å². The van der Waals surface area contributed by atoms with Gasteiger partial charge >= 0.3 is 6.09 Å². The van der Waals surface area contributed by atoms with Crippen molar-refractivity contribution in [2.75, 3.05) is 13.1 Å². The Morgan fingerprint density at radius 1 is 1.56 bits per heavy atom. The predicted molar refractivity (Wildman–Crippen MR) is 57.5 cm³/mol. The van der Waals surface area contributed by atoms with Crippen LogP contribution in [-0.2, 0) is 9.53 Å². The first-order valence-electron chi connectivity index (χ1n) is 5.34. The van der Waals surface area contributed by atoms with E-state index < -0.39 is 5.60 Å². The molecule has 0 bridgehead atoms. The first-order chi connectivity index (χ1) is 7.37. The summed E-state index contributed by atoms with van der Waals surface area (Å²) in [5.41, 5.74) is 0.474. The second-order valence-electron chi connectivity index (χ2n) is 5.14. The van der Waals surface area contributed by atoms with Gasteiger partial charge in [-0.1, -0.05) is 0 Å². The van der Waals surface area contributed by atoms with Crippen molar-refractivity contribution in [2.24, 2.45) is 5.92 Å². The number of carbonyl (C=O) groups excluding carboxylic acids is 2. The van der Waals surface area contributed by atoms with E-state index >= 15 is 0 Å². The number of hydrogen-bond donors (Lipinski definition) is 1. The Hall–Kier alpha value is -1.52. The van der Waals surface area contributed by atoms with Crippen LogP contribution < -0.4 is 5.32 Å². The molecule has 1 atom stereocenters. The average molecular weight is 224 g/mol. The molecule has 88 valence electrons. The molecule has 2 aliphatic rings. The third-order valence-corrected chi connectivity index (χ3v) is 2.59. The van der Waals surface area contributed by atoms with E-state index in [9.17, 15) is 9.59 Å². The molecule has 0 aromatic heterocycles. The van der Waals surface area contributed by atoms with Gasteiger partial charge in [-0.15, -0.1) is 0 Å². The highest BCUT2D eigenvalue weighted by molar-refractivity contribution is 5.87. The lowest BCUT2D eigenvalue weighted by atomic mass is 10.1. The maximum atomic E-state index is 11.7. The summed E-state index contributed by atoms with van der Waals surface area (Å²) >= 11 is 0. The zero-order valence-corrected chi connectivity index (χ0v) is 9.74. The minimum Gasteiger partial charge on any atom is -0.444 e. The minimum absolute atomic E-state index is 0.0268. The van der Waals surface area contributed by atoms with Gasteiger partial charge in [0.25, 0.3) is 0 Å². The maximum Gasteiger partial charge on any atom is 0.410 e. The van der Waals surface area contributed by atoms with E-state index in [4.69, 9.17) is 4.74 Å². The van der Waals surface area contributed by atoms with E-state index in [-0.39, 0.29) is 17.9 Å². The molecule has 0 spiro atoms. The Kier molecular flexibility index (Phi) is 2.40. The van der Waals surface area contributed by atoms with Crippen molar-refractivity contribution < 1.29 is 14.3 Å². The number of nitrogens with one attached hydrogen (secondary N) is 1. The topological polar surface area (TPSA) is 58.6 Å². The van der Waals surface area contributed by atoms with Crippen LogP contribution in [0.15, 0.2) is 11.8 Å². The van der Waals surface area contributed by atoms with E-state index in [1.54, 1.807) is 11.1 Å². The third kappa shape index (κ3) is 2.03. The zero-order chi connectivity index (χ0) is 11.9. The molecular formula is C11H16N2O3. The zero-order valence-electron chi connectivity index (χ0n) is 9.74. The molecule has 1 saturated heterocycles. The first kappa shape index (κ1) is 11.0. The maximum absolute atomic E-state index is 11.7. The molecule has 5 heteroatoms. The molecule has 0 aliphatic carbocycles. The van der Waals surface area contributed by atoms with Gasteiger partial charge in [-0.2, -0.15) is 0 Å². The van der Waals surface area contributed by atoms with Gasteiger partial charge < -0.3 is 15.0 Å². The summed E-state index contributed by atoms with van der Waals surface area (Å²) in [7, 11) is 0. The van der Waals surface area contributed by atoms with Crippen molar-refractivity contribution in [1.29, 1.82) is 0 Å². The van der Waals surface area contributed by atoms with Crippen LogP contribution in [0.4, 0.5) is 4.79 Å². The molecule has 16 heavy (non-hydrogen) atoms. The number of amides is 2. The fourth-order valence-corrected chi connectivity index (χ4v) is 1.86. The molecule has 0 saturated carbocycles. The number of ether oxygens (including phenoxy) is 1. The summed E-state index contributed by atoms with van der Waals surface area (Å²) in [6.45, 7) is 6.39. The van der Waals surface area contributed by atoms with Crippen LogP contribution in [-0.4, -0.2) is 35.6 Å². The van der Waals surface area contributed by atoms with Gasteiger partial charge in [0.05, 0.1) is 5.92 Å². The highest BCUT2D eigenvalue weighted by Gasteiger charge is 2.39. The first-order valence-corrected chi connectivity index (χ1v) is 5.34. The molecule has 2 aliphatic heterocycles. The third-order valence-electron chi connectivity index (χ3n) is 2.59. The van der Waals surface area contributed by atoms with Gasteiger partial charge in [0, 0.05) is 19.3 Å². The van der Waals surface area contributed by atoms with Gasteiger partial charge in [-0.05, 0) is 26.3 Å². The lowest BCUT2D eigenvalue weighted by Crippen LogP contribution is -2.36. The Morgan fingerprint density at radius 3 is 2.81 bits per heavy atom. The van der Waals surface area contributed by atoms with E-state index in [2.05, 4.69) is 5.32 Å². The number of carbonyl (C=O) groups is 2. The molecule has 1 N–H and O–H groups in total. The van der Waals surface area contributed by atoms with Crippen LogP contribution in [0.5, 0.6) is 0 Å². The van der Waals surface area contributed by atoms with Crippen LogP contribution in [0.2, 0.25) is 0 Å². The Balaban J connectivity index is 1.99. The SMILES string of the molecule is CC(C)(C)OC(=O)N1CC2=CNC(=O)C2C1. The van der Waals surface area contributed by atoms with Crippen molar-refractivity contribution in [3.05, 3.63) is 11.8 Å². The lowest BCUT2D eigenvalue weighted by molar-refractivity contribution is -0.121. The van der Waals surface area contributed by atoms with Crippen LogP contribution in [0.1, 0.15) is 20.8 Å². The Bertz CT molecular complexity index is 368. The van der Waals surface area contributed by atoms with Crippen LogP contribution in [0, 0.1) is 5.92 Å². The molecule has 5 nitrogen and oxygen atoms in total. The average Bonchev–Trinajstić information content (AvgIpc) is 2.65. The summed E-state index contributed by atoms with van der Waals surface area (Å²) in [4.78, 5) is 24.7. The number of hydrogen-bond acceptors (Lipinski definition) is 3. The van der Waals surface area contributed by atoms with E-state index in [0.29, 0.717) is 13.1 Å². The molecule has 2 heterocycles. The number of nitrogens with zero attached hydrogens (tertiary/aromatic N) is 1. The molecular weight excluding hydrogens is 208 g/mol. The van der Waals surface area contributed by atoms with Crippen molar-refractivity contribution in [3.63, 3.8) is 0 Å². The predicted octanol–water partition coefficient (Wildman–Crippen LogP) is 0.867. The van der Waals surface area contributed by atoms with Crippen LogP contribution in [0.3, 0.4) is 0 Å². The molecule has 1 fully saturated rings. The fraction of sp³-hybridized carbons (Fsp3) is 0.636. The monoisotopic (exact) mass is 224 g/mol. The highest BCUT2D eigenvalue weighted by atomic mass is 16.6. The minimum atomic E-state index is -0.495. The highest BCUT2D eigenvalue weighted by Crippen LogP contribution is 2.27. The van der Waals surface area contributed by atoms with Gasteiger partial charge in [-0.25, -0.2) is 4.79 Å². The van der Waals surface area contributed by atoms with E-state index in [1.807, 2.05) is 20.8 Å². The number of rotatable bonds is 0. The number of likely N-dealkylation sites (tertiary alicyclic amines) is 1. The van der Waals surface area contributed by atoms with Gasteiger partial charge in [0.1, 0.15) is 5.60 Å². The molecule has 0 aromatic carbocycles. The van der Waals surface area contributed by atoms with Gasteiger partial charge in [-0.3, -0.25) is 4.79 Å². The lowest BCUT2D eigenvalue weighted by Gasteiger charge is -2.24. The smallest absolute Gasteiger partial charge is 0.410 e. The van der Waals surface area contributed by atoms with Crippen molar-refractivity contribution >= 4 is 12.0 Å². The summed E-state index contributed by atoms with van der Waals surface area (Å²) in [5, 5.41) is 2.65. The summed E-state index contributed by atoms with van der Waals surface area (Å²) < 4.78 is 5.25. The summed E-state index contributed by atoms with van der Waals surface area (Å²) in [6.07, 6.45) is 1.34. The largest absolute Gasteiger partial charge is 0.444 e. The van der Waals surface area contributed by atoms with Crippen LogP contribution in [0.25, 0.3) is 0 Å². The van der Waals surface area contributed by atoms with Crippen LogP contribution >= 0.6 is 0 Å². The Morgan fingerprint density at radius 2 is 2.25 bits per heavy atom. The Labute approximate surface area is 94.4 Å². The molecule has 0 radical (unpaired) electrons. The summed E-state index contributed by atoms with van der Waals surface area (Å²) in [5.74, 6) is -0.200. The molecule has 2 rings (SSSR count). The molecule has 2 amide bonds. The number of fused-ring (bicyclic) bond motifs is 1. The fourth-order valence-electron chi connectivity index (χ4n) is 1.86. The quantitative estimate of drug-likeness (QED) is 0.664. The standard InChI is InChI=1S/C11H16N2O3/c1-11(2,3)16-10(15)13-5-7-4-12-9(14)8(7)6-13/h4,8H,5-6H2,1-3H3,(H,12,14). The molecule has 1 unspecified atom stereocenters. The normalized spacial score (nSPS) is 23.9. The van der Waals surface area contributed by atoms with Crippen molar-refractivity contribution in [2.45, 2.75) is 26.4 Å². The van der Waals surface area contributed by atoms with E-state index in [0.717, 1.165) is 5.57 Å². The summed E-state index contributed by atoms with van der Waals surface area (Å²) in [6, 6.07) is 0. The molecule has 0 aromatic rings. The second-order valence-corrected chi connectivity index (χ2v) is 5.14. The van der Waals surface area contributed by atoms with Gasteiger partial charge in [0.15, 0.2) is 0 Å². The van der Waals surface area contributed by atoms with Crippen molar-refractivity contribution in [1.82, 2.24) is 10.2 Å².